The Morgan fingerprint density at radius 1 is 0.848 bits per heavy atom. The van der Waals surface area contributed by atoms with E-state index in [1.807, 2.05) is 32.0 Å². The zero-order chi connectivity index (χ0) is 24.3. The van der Waals surface area contributed by atoms with Crippen molar-refractivity contribution in [2.24, 2.45) is 0 Å². The molecule has 2 aromatic rings. The molecule has 0 saturated carbocycles. The third-order valence-electron chi connectivity index (χ3n) is 6.09. The lowest BCUT2D eigenvalue weighted by molar-refractivity contribution is -0.121. The van der Waals surface area contributed by atoms with Gasteiger partial charge in [0.2, 0.25) is 15.9 Å². The molecular formula is C26H39N3O3S. The number of hydrogen-bond donors (Lipinski definition) is 1. The highest BCUT2D eigenvalue weighted by Crippen LogP contribution is 2.17. The molecule has 0 fully saturated rings. The number of benzene rings is 2. The van der Waals surface area contributed by atoms with Crippen LogP contribution in [0.4, 0.5) is 0 Å². The Balaban J connectivity index is 1.91. The molecule has 1 atom stereocenters. The van der Waals surface area contributed by atoms with Crippen LogP contribution in [0.1, 0.15) is 45.2 Å². The summed E-state index contributed by atoms with van der Waals surface area (Å²) in [5, 5.41) is 3.10. The monoisotopic (exact) mass is 473 g/mol. The molecule has 1 unspecified atom stereocenters. The summed E-state index contributed by atoms with van der Waals surface area (Å²) in [7, 11) is -3.46. The molecule has 0 aliphatic carbocycles. The minimum Gasteiger partial charge on any atom is -0.355 e. The molecule has 33 heavy (non-hydrogen) atoms. The second-order valence-corrected chi connectivity index (χ2v) is 10.0. The molecule has 0 saturated heterocycles. The summed E-state index contributed by atoms with van der Waals surface area (Å²) in [5.41, 5.74) is 2.22. The summed E-state index contributed by atoms with van der Waals surface area (Å²) in [4.78, 5) is 15.2. The zero-order valence-corrected chi connectivity index (χ0v) is 21.3. The van der Waals surface area contributed by atoms with Crippen LogP contribution >= 0.6 is 0 Å². The molecule has 0 aromatic heterocycles. The summed E-state index contributed by atoms with van der Waals surface area (Å²) in [5.74, 6) is 0.0139. The van der Waals surface area contributed by atoms with E-state index in [4.69, 9.17) is 0 Å². The number of carbonyl (C=O) groups is 1. The van der Waals surface area contributed by atoms with E-state index in [9.17, 15) is 13.2 Å². The number of nitrogens with one attached hydrogen (secondary N) is 1. The highest BCUT2D eigenvalue weighted by atomic mass is 32.2. The number of rotatable bonds is 14. The highest BCUT2D eigenvalue weighted by molar-refractivity contribution is 7.89. The molecule has 1 N–H and O–H groups in total. The lowest BCUT2D eigenvalue weighted by atomic mass is 10.0. The van der Waals surface area contributed by atoms with Crippen LogP contribution in [0.3, 0.4) is 0 Å². The average molecular weight is 474 g/mol. The van der Waals surface area contributed by atoms with Gasteiger partial charge >= 0.3 is 0 Å². The van der Waals surface area contributed by atoms with Crippen LogP contribution in [0.25, 0.3) is 0 Å². The molecule has 0 radical (unpaired) electrons. The van der Waals surface area contributed by atoms with Gasteiger partial charge in [0.1, 0.15) is 0 Å². The first-order valence-electron chi connectivity index (χ1n) is 12.0. The van der Waals surface area contributed by atoms with Gasteiger partial charge in [-0.05, 0) is 49.2 Å². The van der Waals surface area contributed by atoms with E-state index in [2.05, 4.69) is 36.2 Å². The number of likely N-dealkylation sites (N-methyl/N-ethyl adjacent to an activating group) is 1. The van der Waals surface area contributed by atoms with E-state index in [0.717, 1.165) is 25.1 Å². The lowest BCUT2D eigenvalue weighted by Gasteiger charge is -2.30. The Bertz CT molecular complexity index is 939. The summed E-state index contributed by atoms with van der Waals surface area (Å²) in [6, 6.07) is 17.5. The summed E-state index contributed by atoms with van der Waals surface area (Å²) < 4.78 is 26.7. The van der Waals surface area contributed by atoms with Gasteiger partial charge in [0.15, 0.2) is 0 Å². The van der Waals surface area contributed by atoms with Gasteiger partial charge in [-0.2, -0.15) is 4.31 Å². The standard InChI is InChI=1S/C26H39N3O3S/c1-5-28(6-2)24(20-23-12-10-9-11-13-23)21-27-26(30)19-16-22-14-17-25(18-15-22)33(31,32)29(7-3)8-4/h9-15,17-18,24H,5-8,16,19-21H2,1-4H3,(H,27,30). The van der Waals surface area contributed by atoms with E-state index >= 15 is 0 Å². The second-order valence-electron chi connectivity index (χ2n) is 8.10. The van der Waals surface area contributed by atoms with Gasteiger partial charge in [0.05, 0.1) is 4.90 Å². The largest absolute Gasteiger partial charge is 0.355 e. The number of amides is 1. The third kappa shape index (κ3) is 7.95. The number of aryl methyl sites for hydroxylation is 1. The molecule has 0 bridgehead atoms. The van der Waals surface area contributed by atoms with Crippen LogP contribution in [0.15, 0.2) is 59.5 Å². The van der Waals surface area contributed by atoms with Crippen LogP contribution in [0, 0.1) is 0 Å². The van der Waals surface area contributed by atoms with Gasteiger partial charge in [0, 0.05) is 32.1 Å². The van der Waals surface area contributed by atoms with Gasteiger partial charge < -0.3 is 5.32 Å². The van der Waals surface area contributed by atoms with Crippen LogP contribution in [0.5, 0.6) is 0 Å². The van der Waals surface area contributed by atoms with Gasteiger partial charge in [-0.1, -0.05) is 70.2 Å². The number of hydrogen-bond acceptors (Lipinski definition) is 4. The zero-order valence-electron chi connectivity index (χ0n) is 20.5. The van der Waals surface area contributed by atoms with Crippen molar-refractivity contribution in [1.29, 1.82) is 0 Å². The predicted octanol–water partition coefficient (Wildman–Crippen LogP) is 3.72. The number of nitrogens with zero attached hydrogens (tertiary/aromatic N) is 2. The van der Waals surface area contributed by atoms with E-state index in [1.165, 1.54) is 9.87 Å². The molecule has 1 amide bonds. The fourth-order valence-corrected chi connectivity index (χ4v) is 5.53. The van der Waals surface area contributed by atoms with E-state index < -0.39 is 10.0 Å². The van der Waals surface area contributed by atoms with Gasteiger partial charge in [-0.25, -0.2) is 8.42 Å². The molecule has 0 aliphatic heterocycles. The van der Waals surface area contributed by atoms with Crippen molar-refractivity contribution < 1.29 is 13.2 Å². The SMILES string of the molecule is CCN(CC)C(CNC(=O)CCc1ccc(S(=O)(=O)N(CC)CC)cc1)Cc1ccccc1. The van der Waals surface area contributed by atoms with Crippen LogP contribution in [0.2, 0.25) is 0 Å². The first-order valence-corrected chi connectivity index (χ1v) is 13.4. The smallest absolute Gasteiger partial charge is 0.243 e. The van der Waals surface area contributed by atoms with Gasteiger partial charge in [0.25, 0.3) is 0 Å². The maximum absolute atomic E-state index is 12.6. The summed E-state index contributed by atoms with van der Waals surface area (Å²) in [6.45, 7) is 11.3. The molecule has 182 valence electrons. The summed E-state index contributed by atoms with van der Waals surface area (Å²) >= 11 is 0. The predicted molar refractivity (Wildman–Crippen MR) is 135 cm³/mol. The lowest BCUT2D eigenvalue weighted by Crippen LogP contribution is -2.45. The molecule has 0 heterocycles. The number of sulfonamides is 1. The molecule has 6 nitrogen and oxygen atoms in total. The Morgan fingerprint density at radius 2 is 1.45 bits per heavy atom. The first kappa shape index (κ1) is 27.0. The van der Waals surface area contributed by atoms with Gasteiger partial charge in [-0.15, -0.1) is 0 Å². The Kier molecular flexibility index (Phi) is 11.0. The van der Waals surface area contributed by atoms with Crippen molar-refractivity contribution in [2.75, 3.05) is 32.7 Å². The molecule has 2 aromatic carbocycles. The maximum Gasteiger partial charge on any atom is 0.243 e. The molecular weight excluding hydrogens is 434 g/mol. The fraction of sp³-hybridized carbons (Fsp3) is 0.500. The molecule has 2 rings (SSSR count). The molecule has 0 aliphatic rings. The van der Waals surface area contributed by atoms with Crippen molar-refractivity contribution in [3.63, 3.8) is 0 Å². The Morgan fingerprint density at radius 3 is 2.00 bits per heavy atom. The summed E-state index contributed by atoms with van der Waals surface area (Å²) in [6.07, 6.45) is 1.84. The van der Waals surface area contributed by atoms with E-state index in [1.54, 1.807) is 24.3 Å². The van der Waals surface area contributed by atoms with Crippen LogP contribution < -0.4 is 5.32 Å². The van der Waals surface area contributed by atoms with Crippen molar-refractivity contribution in [1.82, 2.24) is 14.5 Å². The second kappa shape index (κ2) is 13.5. The van der Waals surface area contributed by atoms with Crippen LogP contribution in [-0.2, 0) is 27.7 Å². The van der Waals surface area contributed by atoms with Gasteiger partial charge in [-0.3, -0.25) is 9.69 Å². The van der Waals surface area contributed by atoms with Crippen molar-refractivity contribution >= 4 is 15.9 Å². The van der Waals surface area contributed by atoms with Crippen molar-refractivity contribution in [3.05, 3.63) is 65.7 Å². The topological polar surface area (TPSA) is 69.7 Å². The van der Waals surface area contributed by atoms with Crippen LogP contribution in [-0.4, -0.2) is 62.3 Å². The third-order valence-corrected chi connectivity index (χ3v) is 8.15. The first-order chi connectivity index (χ1) is 15.8. The fourth-order valence-electron chi connectivity index (χ4n) is 4.08. The minimum absolute atomic E-state index is 0.0139. The highest BCUT2D eigenvalue weighted by Gasteiger charge is 2.21. The van der Waals surface area contributed by atoms with Crippen molar-refractivity contribution in [2.45, 2.75) is 57.9 Å². The van der Waals surface area contributed by atoms with Crippen molar-refractivity contribution in [3.8, 4) is 0 Å². The minimum atomic E-state index is -3.46. The maximum atomic E-state index is 12.6. The average Bonchev–Trinajstić information content (AvgIpc) is 2.83. The normalized spacial score (nSPS) is 12.8. The van der Waals surface area contributed by atoms with E-state index in [0.29, 0.717) is 37.4 Å². The molecule has 0 spiro atoms. The molecule has 7 heteroatoms. The Labute approximate surface area is 200 Å². The Hall–Kier alpha value is -2.22. The number of carbonyl (C=O) groups excluding carboxylic acids is 1. The van der Waals surface area contributed by atoms with E-state index in [-0.39, 0.29) is 11.9 Å². The quantitative estimate of drug-likeness (QED) is 0.454.